The van der Waals surface area contributed by atoms with Crippen molar-refractivity contribution in [3.8, 4) is 11.3 Å². The minimum atomic E-state index is -0.0543. The minimum Gasteiger partial charge on any atom is -0.381 e. The Kier molecular flexibility index (Phi) is 5.16. The molecule has 0 amide bonds. The smallest absolute Gasteiger partial charge is 0.267 e. The topological polar surface area (TPSA) is 72.7 Å². The van der Waals surface area contributed by atoms with Crippen molar-refractivity contribution in [3.05, 3.63) is 70.5 Å². The van der Waals surface area contributed by atoms with Gasteiger partial charge < -0.3 is 5.32 Å². The maximum absolute atomic E-state index is 12.4. The van der Waals surface area contributed by atoms with E-state index in [0.29, 0.717) is 11.1 Å². The lowest BCUT2D eigenvalue weighted by molar-refractivity contribution is 0.304. The number of halogens is 1. The standard InChI is InChI=1S/C20H20ClN5O/c21-17-13-23-12-9-19(17)24-15-1-3-16(4-2-15)26-20(27)6-5-18(25-26)14-7-10-22-11-8-14/h5-13,15-16H,1-4H2,(H,23,24). The van der Waals surface area contributed by atoms with Crippen LogP contribution < -0.4 is 10.9 Å². The van der Waals surface area contributed by atoms with E-state index in [1.54, 1.807) is 41.6 Å². The predicted octanol–water partition coefficient (Wildman–Crippen LogP) is 3.95. The van der Waals surface area contributed by atoms with E-state index in [4.69, 9.17) is 11.6 Å². The van der Waals surface area contributed by atoms with Crippen molar-refractivity contribution in [2.24, 2.45) is 0 Å². The molecule has 3 aromatic rings. The number of anilines is 1. The van der Waals surface area contributed by atoms with Gasteiger partial charge in [-0.15, -0.1) is 0 Å². The Morgan fingerprint density at radius 2 is 1.70 bits per heavy atom. The van der Waals surface area contributed by atoms with E-state index in [9.17, 15) is 4.79 Å². The first-order chi connectivity index (χ1) is 13.2. The predicted molar refractivity (Wildman–Crippen MR) is 106 cm³/mol. The molecule has 0 radical (unpaired) electrons. The summed E-state index contributed by atoms with van der Waals surface area (Å²) in [5, 5.41) is 8.73. The Morgan fingerprint density at radius 1 is 0.963 bits per heavy atom. The molecule has 0 atom stereocenters. The molecule has 0 saturated heterocycles. The molecule has 0 aromatic carbocycles. The van der Waals surface area contributed by atoms with Gasteiger partial charge in [-0.3, -0.25) is 14.8 Å². The highest BCUT2D eigenvalue weighted by atomic mass is 35.5. The number of aromatic nitrogens is 4. The molecule has 3 heterocycles. The van der Waals surface area contributed by atoms with Crippen molar-refractivity contribution >= 4 is 17.3 Å². The lowest BCUT2D eigenvalue weighted by atomic mass is 9.91. The van der Waals surface area contributed by atoms with Gasteiger partial charge in [-0.1, -0.05) is 11.6 Å². The minimum absolute atomic E-state index is 0.0543. The van der Waals surface area contributed by atoms with Gasteiger partial charge in [0.25, 0.3) is 5.56 Å². The summed E-state index contributed by atoms with van der Waals surface area (Å²) in [4.78, 5) is 20.4. The van der Waals surface area contributed by atoms with Crippen molar-refractivity contribution in [1.29, 1.82) is 0 Å². The van der Waals surface area contributed by atoms with E-state index in [2.05, 4.69) is 20.4 Å². The summed E-state index contributed by atoms with van der Waals surface area (Å²) in [5.41, 5.74) is 2.61. The molecule has 0 unspecified atom stereocenters. The van der Waals surface area contributed by atoms with Crippen LogP contribution in [0.4, 0.5) is 5.69 Å². The Hall–Kier alpha value is -2.73. The fraction of sp³-hybridized carbons (Fsp3) is 0.300. The fourth-order valence-electron chi connectivity index (χ4n) is 3.54. The lowest BCUT2D eigenvalue weighted by Gasteiger charge is -2.30. The molecular weight excluding hydrogens is 362 g/mol. The highest BCUT2D eigenvalue weighted by molar-refractivity contribution is 6.33. The quantitative estimate of drug-likeness (QED) is 0.740. The monoisotopic (exact) mass is 381 g/mol. The number of hydrogen-bond acceptors (Lipinski definition) is 5. The fourth-order valence-corrected chi connectivity index (χ4v) is 3.71. The normalized spacial score (nSPS) is 19.6. The maximum atomic E-state index is 12.4. The second kappa shape index (κ2) is 7.88. The van der Waals surface area contributed by atoms with Gasteiger partial charge in [0.2, 0.25) is 0 Å². The molecule has 0 spiro atoms. The van der Waals surface area contributed by atoms with Crippen molar-refractivity contribution in [3.63, 3.8) is 0 Å². The molecule has 1 fully saturated rings. The summed E-state index contributed by atoms with van der Waals surface area (Å²) in [5.74, 6) is 0. The van der Waals surface area contributed by atoms with Gasteiger partial charge >= 0.3 is 0 Å². The van der Waals surface area contributed by atoms with E-state index in [1.807, 2.05) is 18.2 Å². The first-order valence-corrected chi connectivity index (χ1v) is 9.45. The lowest BCUT2D eigenvalue weighted by Crippen LogP contribution is -2.33. The first-order valence-electron chi connectivity index (χ1n) is 9.07. The van der Waals surface area contributed by atoms with E-state index in [0.717, 1.165) is 42.6 Å². The summed E-state index contributed by atoms with van der Waals surface area (Å²) in [6.45, 7) is 0. The average Bonchev–Trinajstić information content (AvgIpc) is 2.71. The van der Waals surface area contributed by atoms with Crippen LogP contribution in [-0.4, -0.2) is 25.8 Å². The molecule has 1 aliphatic rings. The van der Waals surface area contributed by atoms with Gasteiger partial charge in [0, 0.05) is 42.5 Å². The zero-order valence-corrected chi connectivity index (χ0v) is 15.5. The van der Waals surface area contributed by atoms with E-state index in [1.165, 1.54) is 0 Å². The van der Waals surface area contributed by atoms with Crippen LogP contribution >= 0.6 is 11.6 Å². The Balaban J connectivity index is 1.47. The number of nitrogens with zero attached hydrogens (tertiary/aromatic N) is 4. The van der Waals surface area contributed by atoms with Crippen LogP contribution in [0.1, 0.15) is 31.7 Å². The summed E-state index contributed by atoms with van der Waals surface area (Å²) in [6, 6.07) is 9.51. The van der Waals surface area contributed by atoms with Crippen LogP contribution in [0.3, 0.4) is 0 Å². The van der Waals surface area contributed by atoms with Gasteiger partial charge in [0.05, 0.1) is 22.4 Å². The molecule has 0 aliphatic heterocycles. The van der Waals surface area contributed by atoms with Crippen molar-refractivity contribution < 1.29 is 0 Å². The second-order valence-electron chi connectivity index (χ2n) is 6.74. The highest BCUT2D eigenvalue weighted by Crippen LogP contribution is 2.30. The molecule has 27 heavy (non-hydrogen) atoms. The first kappa shape index (κ1) is 17.7. The van der Waals surface area contributed by atoms with Crippen molar-refractivity contribution in [2.75, 3.05) is 5.32 Å². The molecule has 7 heteroatoms. The summed E-state index contributed by atoms with van der Waals surface area (Å²) >= 11 is 6.18. The molecule has 4 rings (SSSR count). The largest absolute Gasteiger partial charge is 0.381 e. The van der Waals surface area contributed by atoms with Gasteiger partial charge in [0.15, 0.2) is 0 Å². The third-order valence-corrected chi connectivity index (χ3v) is 5.28. The number of nitrogens with one attached hydrogen (secondary N) is 1. The van der Waals surface area contributed by atoms with Crippen LogP contribution in [0, 0.1) is 0 Å². The molecule has 1 aliphatic carbocycles. The summed E-state index contributed by atoms with van der Waals surface area (Å²) in [7, 11) is 0. The number of rotatable bonds is 4. The van der Waals surface area contributed by atoms with E-state index >= 15 is 0 Å². The van der Waals surface area contributed by atoms with Crippen molar-refractivity contribution in [1.82, 2.24) is 19.7 Å². The molecule has 0 bridgehead atoms. The SMILES string of the molecule is O=c1ccc(-c2ccncc2)nn1C1CCC(Nc2ccncc2Cl)CC1. The molecular formula is C20H20ClN5O. The maximum Gasteiger partial charge on any atom is 0.267 e. The third kappa shape index (κ3) is 4.01. The Bertz CT molecular complexity index is 967. The molecule has 138 valence electrons. The zero-order valence-electron chi connectivity index (χ0n) is 14.8. The van der Waals surface area contributed by atoms with Crippen LogP contribution in [0.2, 0.25) is 5.02 Å². The molecule has 3 aromatic heterocycles. The van der Waals surface area contributed by atoms with Crippen molar-refractivity contribution in [2.45, 2.75) is 37.8 Å². The number of pyridine rings is 2. The van der Waals surface area contributed by atoms with Crippen LogP contribution in [-0.2, 0) is 0 Å². The summed E-state index contributed by atoms with van der Waals surface area (Å²) in [6.07, 6.45) is 10.5. The van der Waals surface area contributed by atoms with E-state index < -0.39 is 0 Å². The molecule has 1 saturated carbocycles. The third-order valence-electron chi connectivity index (χ3n) is 4.98. The summed E-state index contributed by atoms with van der Waals surface area (Å²) < 4.78 is 1.64. The van der Waals surface area contributed by atoms with Gasteiger partial charge in [-0.05, 0) is 49.9 Å². The molecule has 6 nitrogen and oxygen atoms in total. The van der Waals surface area contributed by atoms with Crippen LogP contribution in [0.5, 0.6) is 0 Å². The zero-order chi connectivity index (χ0) is 18.6. The highest BCUT2D eigenvalue weighted by Gasteiger charge is 2.24. The van der Waals surface area contributed by atoms with E-state index in [-0.39, 0.29) is 11.6 Å². The van der Waals surface area contributed by atoms with Gasteiger partial charge in [0.1, 0.15) is 0 Å². The number of hydrogen-bond donors (Lipinski definition) is 1. The van der Waals surface area contributed by atoms with Crippen LogP contribution in [0.25, 0.3) is 11.3 Å². The molecule has 1 N–H and O–H groups in total. The average molecular weight is 382 g/mol. The van der Waals surface area contributed by atoms with Gasteiger partial charge in [-0.2, -0.15) is 5.10 Å². The second-order valence-corrected chi connectivity index (χ2v) is 7.15. The van der Waals surface area contributed by atoms with Gasteiger partial charge in [-0.25, -0.2) is 4.68 Å². The Morgan fingerprint density at radius 3 is 2.44 bits per heavy atom. The Labute approximate surface area is 162 Å². The van der Waals surface area contributed by atoms with Crippen LogP contribution in [0.15, 0.2) is 59.9 Å².